The van der Waals surface area contributed by atoms with E-state index < -0.39 is 0 Å². The molecule has 0 aliphatic carbocycles. The van der Waals surface area contributed by atoms with Crippen molar-refractivity contribution in [3.8, 4) is 0 Å². The van der Waals surface area contributed by atoms with E-state index >= 15 is 0 Å². The summed E-state index contributed by atoms with van der Waals surface area (Å²) < 4.78 is 4.98. The third-order valence-corrected chi connectivity index (χ3v) is 3.10. The normalized spacial score (nSPS) is 10.4. The number of carbonyl (C=O) groups is 2. The van der Waals surface area contributed by atoms with Crippen LogP contribution in [0.3, 0.4) is 0 Å². The molecule has 2 amide bonds. The van der Waals surface area contributed by atoms with Crippen LogP contribution in [-0.2, 0) is 20.7 Å². The van der Waals surface area contributed by atoms with Gasteiger partial charge in [-0.2, -0.15) is 0 Å². The second-order valence-corrected chi connectivity index (χ2v) is 5.04. The molecule has 2 rings (SSSR count). The minimum Gasteiger partial charge on any atom is -0.501 e. The van der Waals surface area contributed by atoms with Gasteiger partial charge in [-0.3, -0.25) is 9.59 Å². The van der Waals surface area contributed by atoms with E-state index in [-0.39, 0.29) is 11.8 Å². The Kier molecular flexibility index (Phi) is 6.58. The first-order valence-electron chi connectivity index (χ1n) is 7.70. The zero-order valence-electron chi connectivity index (χ0n) is 13.5. The summed E-state index contributed by atoms with van der Waals surface area (Å²) in [5, 5.41) is 5.53. The Bertz CT molecular complexity index is 712. The fourth-order valence-electron chi connectivity index (χ4n) is 2.05. The molecule has 0 radical (unpaired) electrons. The van der Waals surface area contributed by atoms with Gasteiger partial charge in [0.2, 0.25) is 5.91 Å². The average Bonchev–Trinajstić information content (AvgIpc) is 2.56. The molecule has 0 atom stereocenters. The molecular formula is C19H20N2O3. The number of carbonyl (C=O) groups excluding carboxylic acids is 2. The standard InChI is InChI=1S/C19H20N2O3/c1-2-24-12-11-18(22)20-16-9-6-10-17(14-16)21-19(23)13-15-7-4-3-5-8-15/h3-12,14H,2,13H2,1H3,(H,20,22)(H,21,23)/b12-11+. The number of hydrogen-bond acceptors (Lipinski definition) is 3. The van der Waals surface area contributed by atoms with Gasteiger partial charge in [-0.15, -0.1) is 0 Å². The van der Waals surface area contributed by atoms with Crippen LogP contribution in [-0.4, -0.2) is 18.4 Å². The van der Waals surface area contributed by atoms with Crippen molar-refractivity contribution in [2.75, 3.05) is 17.2 Å². The highest BCUT2D eigenvalue weighted by Gasteiger charge is 2.05. The first kappa shape index (κ1) is 17.3. The number of anilines is 2. The van der Waals surface area contributed by atoms with Gasteiger partial charge < -0.3 is 15.4 Å². The van der Waals surface area contributed by atoms with Crippen LogP contribution in [0.2, 0.25) is 0 Å². The molecule has 0 unspecified atom stereocenters. The lowest BCUT2D eigenvalue weighted by molar-refractivity contribution is -0.115. The number of rotatable bonds is 7. The summed E-state index contributed by atoms with van der Waals surface area (Å²) >= 11 is 0. The summed E-state index contributed by atoms with van der Waals surface area (Å²) in [6.45, 7) is 2.34. The van der Waals surface area contributed by atoms with Crippen molar-refractivity contribution in [3.63, 3.8) is 0 Å². The molecule has 24 heavy (non-hydrogen) atoms. The maximum absolute atomic E-state index is 12.1. The van der Waals surface area contributed by atoms with Crippen molar-refractivity contribution < 1.29 is 14.3 Å². The molecule has 0 spiro atoms. The number of benzene rings is 2. The number of nitrogens with one attached hydrogen (secondary N) is 2. The van der Waals surface area contributed by atoms with Gasteiger partial charge in [-0.25, -0.2) is 0 Å². The molecule has 0 saturated heterocycles. The third-order valence-electron chi connectivity index (χ3n) is 3.10. The Morgan fingerprint density at radius 2 is 1.71 bits per heavy atom. The lowest BCUT2D eigenvalue weighted by atomic mass is 10.1. The molecule has 2 N–H and O–H groups in total. The van der Waals surface area contributed by atoms with Crippen molar-refractivity contribution in [1.29, 1.82) is 0 Å². The van der Waals surface area contributed by atoms with E-state index in [1.165, 1.54) is 12.3 Å². The van der Waals surface area contributed by atoms with E-state index in [9.17, 15) is 9.59 Å². The van der Waals surface area contributed by atoms with E-state index in [1.807, 2.05) is 37.3 Å². The van der Waals surface area contributed by atoms with E-state index in [4.69, 9.17) is 4.74 Å². The second kappa shape index (κ2) is 9.15. The minimum absolute atomic E-state index is 0.110. The Morgan fingerprint density at radius 3 is 2.42 bits per heavy atom. The van der Waals surface area contributed by atoms with Gasteiger partial charge in [0.15, 0.2) is 0 Å². The molecule has 5 heteroatoms. The molecule has 0 aromatic heterocycles. The van der Waals surface area contributed by atoms with E-state index in [0.717, 1.165) is 5.56 Å². The zero-order chi connectivity index (χ0) is 17.2. The highest BCUT2D eigenvalue weighted by molar-refractivity contribution is 6.00. The first-order chi connectivity index (χ1) is 11.7. The highest BCUT2D eigenvalue weighted by Crippen LogP contribution is 2.15. The van der Waals surface area contributed by atoms with Crippen LogP contribution in [0, 0.1) is 0 Å². The van der Waals surface area contributed by atoms with Crippen molar-refractivity contribution in [1.82, 2.24) is 0 Å². The quantitative estimate of drug-likeness (QED) is 0.606. The predicted molar refractivity (Wildman–Crippen MR) is 94.6 cm³/mol. The first-order valence-corrected chi connectivity index (χ1v) is 7.70. The molecule has 0 bridgehead atoms. The largest absolute Gasteiger partial charge is 0.501 e. The summed E-state index contributed by atoms with van der Waals surface area (Å²) in [5.74, 6) is -0.405. The molecule has 2 aromatic carbocycles. The fraction of sp³-hybridized carbons (Fsp3) is 0.158. The maximum Gasteiger partial charge on any atom is 0.251 e. The lowest BCUT2D eigenvalue weighted by Gasteiger charge is -2.08. The van der Waals surface area contributed by atoms with Crippen LogP contribution in [0.4, 0.5) is 11.4 Å². The smallest absolute Gasteiger partial charge is 0.251 e. The van der Waals surface area contributed by atoms with Crippen molar-refractivity contribution in [2.45, 2.75) is 13.3 Å². The number of ether oxygens (including phenoxy) is 1. The van der Waals surface area contributed by atoms with Crippen LogP contribution in [0.25, 0.3) is 0 Å². The number of hydrogen-bond donors (Lipinski definition) is 2. The van der Waals surface area contributed by atoms with Crippen LogP contribution in [0.5, 0.6) is 0 Å². The molecule has 2 aromatic rings. The van der Waals surface area contributed by atoms with Gasteiger partial charge in [0.25, 0.3) is 5.91 Å². The Morgan fingerprint density at radius 1 is 1.00 bits per heavy atom. The zero-order valence-corrected chi connectivity index (χ0v) is 13.5. The summed E-state index contributed by atoms with van der Waals surface area (Å²) in [6, 6.07) is 16.5. The van der Waals surface area contributed by atoms with Gasteiger partial charge in [0, 0.05) is 17.5 Å². The van der Waals surface area contributed by atoms with Gasteiger partial charge in [0.1, 0.15) is 0 Å². The summed E-state index contributed by atoms with van der Waals surface area (Å²) in [5.41, 5.74) is 2.17. The SMILES string of the molecule is CCO/C=C/C(=O)Nc1cccc(NC(=O)Cc2ccccc2)c1. The van der Waals surface area contributed by atoms with Crippen molar-refractivity contribution in [3.05, 3.63) is 72.5 Å². The summed E-state index contributed by atoms with van der Waals surface area (Å²) in [7, 11) is 0. The summed E-state index contributed by atoms with van der Waals surface area (Å²) in [6.07, 6.45) is 2.96. The van der Waals surface area contributed by atoms with Crippen molar-refractivity contribution in [2.24, 2.45) is 0 Å². The van der Waals surface area contributed by atoms with Gasteiger partial charge in [-0.1, -0.05) is 36.4 Å². The van der Waals surface area contributed by atoms with Crippen molar-refractivity contribution >= 4 is 23.2 Å². The molecule has 0 fully saturated rings. The summed E-state index contributed by atoms with van der Waals surface area (Å²) in [4.78, 5) is 23.8. The predicted octanol–water partition coefficient (Wildman–Crippen LogP) is 3.36. The van der Waals surface area contributed by atoms with Gasteiger partial charge >= 0.3 is 0 Å². The fourth-order valence-corrected chi connectivity index (χ4v) is 2.05. The molecule has 0 heterocycles. The Balaban J connectivity index is 1.92. The molecule has 0 aliphatic rings. The Hall–Kier alpha value is -3.08. The Labute approximate surface area is 141 Å². The second-order valence-electron chi connectivity index (χ2n) is 5.04. The van der Waals surface area contributed by atoms with Crippen LogP contribution in [0.15, 0.2) is 66.9 Å². The van der Waals surface area contributed by atoms with Crippen LogP contribution >= 0.6 is 0 Å². The highest BCUT2D eigenvalue weighted by atomic mass is 16.5. The molecular weight excluding hydrogens is 304 g/mol. The minimum atomic E-state index is -0.295. The maximum atomic E-state index is 12.1. The van der Waals surface area contributed by atoms with E-state index in [2.05, 4.69) is 10.6 Å². The van der Waals surface area contributed by atoms with Crippen LogP contribution in [0.1, 0.15) is 12.5 Å². The van der Waals surface area contributed by atoms with E-state index in [0.29, 0.717) is 24.4 Å². The monoisotopic (exact) mass is 324 g/mol. The molecule has 124 valence electrons. The topological polar surface area (TPSA) is 67.4 Å². The van der Waals surface area contributed by atoms with Gasteiger partial charge in [0.05, 0.1) is 19.3 Å². The number of amides is 2. The van der Waals surface area contributed by atoms with Crippen LogP contribution < -0.4 is 10.6 Å². The van der Waals surface area contributed by atoms with E-state index in [1.54, 1.807) is 24.3 Å². The average molecular weight is 324 g/mol. The third kappa shape index (κ3) is 5.96. The molecule has 0 saturated carbocycles. The van der Waals surface area contributed by atoms with Gasteiger partial charge in [-0.05, 0) is 30.7 Å². The molecule has 5 nitrogen and oxygen atoms in total. The molecule has 0 aliphatic heterocycles. The lowest BCUT2D eigenvalue weighted by Crippen LogP contribution is -2.15.